The molecule has 2 aliphatic rings. The Hall–Kier alpha value is -0.880. The van der Waals surface area contributed by atoms with Crippen molar-refractivity contribution in [2.45, 2.75) is 59.0 Å². The predicted molar refractivity (Wildman–Crippen MR) is 116 cm³/mol. The molecule has 3 nitrogen and oxygen atoms in total. The number of carboxylic acid groups (broad SMARTS) is 1. The number of rotatable bonds is 4. The van der Waals surface area contributed by atoms with E-state index in [4.69, 9.17) is 5.11 Å². The molecule has 0 radical (unpaired) electrons. The van der Waals surface area contributed by atoms with E-state index < -0.39 is 5.97 Å². The molecule has 0 heterocycles. The average molecular weight is 482 g/mol. The fourth-order valence-corrected chi connectivity index (χ4v) is 6.07. The smallest absolute Gasteiger partial charge is 0.328 e. The maximum Gasteiger partial charge on any atom is 0.328 e. The van der Waals surface area contributed by atoms with E-state index in [9.17, 15) is 9.90 Å². The van der Waals surface area contributed by atoms with Gasteiger partial charge in [-0.1, -0.05) is 31.6 Å². The molecule has 2 fully saturated rings. The average Bonchev–Trinajstić information content (AvgIpc) is 2.60. The monoisotopic (exact) mass is 482 g/mol. The molecular weight excluding hydrogens is 451 g/mol. The number of hydrogen-bond donors (Lipinski definition) is 2. The number of carboxylic acids is 1. The lowest BCUT2D eigenvalue weighted by atomic mass is 9.49. The Morgan fingerprint density at radius 3 is 2.59 bits per heavy atom. The van der Waals surface area contributed by atoms with Crippen molar-refractivity contribution in [3.05, 3.63) is 45.0 Å². The van der Waals surface area contributed by atoms with Gasteiger partial charge in [0, 0.05) is 9.65 Å². The maximum absolute atomic E-state index is 11.1. The van der Waals surface area contributed by atoms with Gasteiger partial charge >= 0.3 is 5.97 Å². The van der Waals surface area contributed by atoms with Crippen molar-refractivity contribution in [3.8, 4) is 0 Å². The van der Waals surface area contributed by atoms with Gasteiger partial charge in [0.05, 0.1) is 6.10 Å². The summed E-state index contributed by atoms with van der Waals surface area (Å²) < 4.78 is 1.24. The second-order valence-electron chi connectivity index (χ2n) is 9.02. The quantitative estimate of drug-likeness (QED) is 0.452. The zero-order valence-corrected chi connectivity index (χ0v) is 18.6. The molecule has 0 aliphatic heterocycles. The van der Waals surface area contributed by atoms with E-state index in [1.165, 1.54) is 15.2 Å². The van der Waals surface area contributed by atoms with Crippen molar-refractivity contribution in [1.29, 1.82) is 0 Å². The van der Waals surface area contributed by atoms with Gasteiger partial charge in [0.25, 0.3) is 0 Å². The number of allylic oxidation sites excluding steroid dienone is 1. The normalized spacial score (nSPS) is 36.9. The highest BCUT2D eigenvalue weighted by atomic mass is 127. The van der Waals surface area contributed by atoms with Crippen molar-refractivity contribution in [2.24, 2.45) is 29.1 Å². The summed E-state index contributed by atoms with van der Waals surface area (Å²) in [5.74, 6) is 0.730. The van der Waals surface area contributed by atoms with Gasteiger partial charge in [-0.15, -0.1) is 0 Å². The first-order chi connectivity index (χ1) is 12.7. The molecular formula is C23H31IO3. The van der Waals surface area contributed by atoms with Gasteiger partial charge in [0.2, 0.25) is 0 Å². The first kappa shape index (κ1) is 20.8. The summed E-state index contributed by atoms with van der Waals surface area (Å²) in [6.07, 6.45) is 6.05. The lowest BCUT2D eigenvalue weighted by Crippen LogP contribution is -2.52. The second kappa shape index (κ2) is 8.24. The molecule has 3 rings (SSSR count). The van der Waals surface area contributed by atoms with Gasteiger partial charge in [-0.05, 0) is 108 Å². The van der Waals surface area contributed by atoms with Crippen LogP contribution in [0, 0.1) is 32.7 Å². The van der Waals surface area contributed by atoms with E-state index in [0.717, 1.165) is 37.7 Å². The van der Waals surface area contributed by atoms with Crippen LogP contribution in [-0.2, 0) is 11.2 Å². The minimum atomic E-state index is -0.844. The van der Waals surface area contributed by atoms with Crippen LogP contribution in [0.4, 0.5) is 0 Å². The minimum Gasteiger partial charge on any atom is -0.478 e. The standard InChI is InChI=1S/C23H31IO3/c1-14(10-22(26)27)17-6-9-20-19(12-16-4-7-18(24)8-5-16)21(25)11-15(2)23(20,3)13-17/h4-5,7-8,10,15,17,19-21,25H,6,9,11-13H2,1-3H3,(H,26,27)/b14-10+/t15-,17-,19+,20-,21+,23+/m1/s1. The van der Waals surface area contributed by atoms with Crippen LogP contribution in [0.15, 0.2) is 35.9 Å². The van der Waals surface area contributed by atoms with Gasteiger partial charge in [-0.3, -0.25) is 0 Å². The summed E-state index contributed by atoms with van der Waals surface area (Å²) in [5.41, 5.74) is 2.46. The molecule has 27 heavy (non-hydrogen) atoms. The SMILES string of the molecule is C/C(=C\C(=O)O)[C@@H]1CC[C@@H]2[C@H](Cc3ccc(I)cc3)[C@@H](O)C[C@@H](C)[C@]2(C)C1. The van der Waals surface area contributed by atoms with Crippen molar-refractivity contribution in [3.63, 3.8) is 0 Å². The van der Waals surface area contributed by atoms with E-state index in [-0.39, 0.29) is 17.4 Å². The molecule has 0 bridgehead atoms. The van der Waals surface area contributed by atoms with Crippen LogP contribution < -0.4 is 0 Å². The van der Waals surface area contributed by atoms with E-state index >= 15 is 0 Å². The van der Waals surface area contributed by atoms with Crippen molar-refractivity contribution < 1.29 is 15.0 Å². The van der Waals surface area contributed by atoms with E-state index in [2.05, 4.69) is 60.7 Å². The van der Waals surface area contributed by atoms with Crippen LogP contribution >= 0.6 is 22.6 Å². The van der Waals surface area contributed by atoms with E-state index in [1.54, 1.807) is 0 Å². The summed E-state index contributed by atoms with van der Waals surface area (Å²) in [4.78, 5) is 11.1. The number of hydrogen-bond acceptors (Lipinski definition) is 2. The molecule has 2 saturated carbocycles. The van der Waals surface area contributed by atoms with Crippen molar-refractivity contribution in [2.75, 3.05) is 0 Å². The molecule has 4 heteroatoms. The Kier molecular flexibility index (Phi) is 6.36. The van der Waals surface area contributed by atoms with Crippen LogP contribution in [-0.4, -0.2) is 22.3 Å². The van der Waals surface area contributed by atoms with Crippen LogP contribution in [0.3, 0.4) is 0 Å². The number of benzene rings is 1. The van der Waals surface area contributed by atoms with Crippen molar-refractivity contribution in [1.82, 2.24) is 0 Å². The fourth-order valence-electron chi connectivity index (χ4n) is 5.71. The van der Waals surface area contributed by atoms with Gasteiger partial charge in [-0.2, -0.15) is 0 Å². The highest BCUT2D eigenvalue weighted by Crippen LogP contribution is 2.58. The largest absolute Gasteiger partial charge is 0.478 e. The topological polar surface area (TPSA) is 57.5 Å². The predicted octanol–water partition coefficient (Wildman–Crippen LogP) is 5.30. The van der Waals surface area contributed by atoms with Gasteiger partial charge in [-0.25, -0.2) is 4.79 Å². The highest BCUT2D eigenvalue weighted by Gasteiger charge is 2.52. The Bertz CT molecular complexity index is 711. The molecule has 148 valence electrons. The van der Waals surface area contributed by atoms with E-state index in [1.807, 2.05) is 6.92 Å². The number of aliphatic carboxylic acids is 1. The Morgan fingerprint density at radius 2 is 1.96 bits per heavy atom. The fraction of sp³-hybridized carbons (Fsp3) is 0.609. The molecule has 0 saturated heterocycles. The Morgan fingerprint density at radius 1 is 1.30 bits per heavy atom. The van der Waals surface area contributed by atoms with Crippen LogP contribution in [0.2, 0.25) is 0 Å². The number of fused-ring (bicyclic) bond motifs is 1. The summed E-state index contributed by atoms with van der Waals surface area (Å²) in [6, 6.07) is 8.66. The molecule has 1 aromatic rings. The molecule has 0 aromatic heterocycles. The summed E-state index contributed by atoms with van der Waals surface area (Å²) in [7, 11) is 0. The first-order valence-corrected chi connectivity index (χ1v) is 11.1. The third kappa shape index (κ3) is 4.42. The van der Waals surface area contributed by atoms with Crippen LogP contribution in [0.1, 0.15) is 52.0 Å². The lowest BCUT2D eigenvalue weighted by Gasteiger charge is -2.56. The third-order valence-corrected chi connectivity index (χ3v) is 8.19. The molecule has 0 amide bonds. The van der Waals surface area contributed by atoms with Gasteiger partial charge in [0.1, 0.15) is 0 Å². The lowest BCUT2D eigenvalue weighted by molar-refractivity contribution is -0.131. The van der Waals surface area contributed by atoms with Crippen LogP contribution in [0.25, 0.3) is 0 Å². The number of aliphatic hydroxyl groups is 1. The Balaban J connectivity index is 1.83. The molecule has 0 spiro atoms. The third-order valence-electron chi connectivity index (χ3n) is 7.47. The zero-order chi connectivity index (χ0) is 19.8. The number of aliphatic hydroxyl groups excluding tert-OH is 1. The second-order valence-corrected chi connectivity index (χ2v) is 10.3. The summed E-state index contributed by atoms with van der Waals surface area (Å²) in [6.45, 7) is 6.62. The number of carbonyl (C=O) groups is 1. The van der Waals surface area contributed by atoms with E-state index in [0.29, 0.717) is 17.8 Å². The molecule has 1 aromatic carbocycles. The van der Waals surface area contributed by atoms with Crippen LogP contribution in [0.5, 0.6) is 0 Å². The minimum absolute atomic E-state index is 0.156. The number of halogens is 1. The Labute approximate surface area is 176 Å². The summed E-state index contributed by atoms with van der Waals surface area (Å²) >= 11 is 2.33. The molecule has 2 aliphatic carbocycles. The maximum atomic E-state index is 11.1. The summed E-state index contributed by atoms with van der Waals surface area (Å²) in [5, 5.41) is 20.0. The molecule has 2 N–H and O–H groups in total. The zero-order valence-electron chi connectivity index (χ0n) is 16.5. The van der Waals surface area contributed by atoms with Gasteiger partial charge < -0.3 is 10.2 Å². The molecule has 6 atom stereocenters. The molecule has 0 unspecified atom stereocenters. The first-order valence-electron chi connectivity index (χ1n) is 10.0. The van der Waals surface area contributed by atoms with Crippen molar-refractivity contribution >= 4 is 28.6 Å². The van der Waals surface area contributed by atoms with Gasteiger partial charge in [0.15, 0.2) is 0 Å². The highest BCUT2D eigenvalue weighted by molar-refractivity contribution is 14.1.